The van der Waals surface area contributed by atoms with Crippen LogP contribution in [0, 0.1) is 0 Å². The van der Waals surface area contributed by atoms with Crippen LogP contribution in [-0.2, 0) is 14.8 Å². The van der Waals surface area contributed by atoms with Gasteiger partial charge in [0.05, 0.1) is 22.8 Å². The number of benzene rings is 2. The Morgan fingerprint density at radius 1 is 1.09 bits per heavy atom. The number of hydrogen-bond donors (Lipinski definition) is 1. The lowest BCUT2D eigenvalue weighted by molar-refractivity contribution is -0.0440. The van der Waals surface area contributed by atoms with Crippen LogP contribution in [0.5, 0.6) is 0 Å². The molecular weight excluding hydrogens is 470 g/mol. The number of thiazole rings is 1. The number of nitrogens with one attached hydrogen (secondary N) is 1. The summed E-state index contributed by atoms with van der Waals surface area (Å²) in [6.45, 7) is 4.30. The first kappa shape index (κ1) is 22.9. The van der Waals surface area contributed by atoms with Gasteiger partial charge in [-0.2, -0.15) is 4.31 Å². The molecule has 1 amide bonds. The number of nitrogens with zero attached hydrogens (tertiary/aromatic N) is 2. The van der Waals surface area contributed by atoms with Crippen molar-refractivity contribution in [1.82, 2.24) is 9.29 Å². The Hall–Kier alpha value is -2.30. The largest absolute Gasteiger partial charge is 0.373 e. The average molecular weight is 492 g/mol. The van der Waals surface area contributed by atoms with Crippen molar-refractivity contribution in [3.8, 4) is 11.3 Å². The van der Waals surface area contributed by atoms with Crippen molar-refractivity contribution in [2.75, 3.05) is 18.4 Å². The number of halogens is 1. The topological polar surface area (TPSA) is 88.6 Å². The maximum atomic E-state index is 13.0. The van der Waals surface area contributed by atoms with Crippen molar-refractivity contribution >= 4 is 44.0 Å². The van der Waals surface area contributed by atoms with E-state index in [9.17, 15) is 13.2 Å². The van der Waals surface area contributed by atoms with Gasteiger partial charge in [0.25, 0.3) is 5.91 Å². The van der Waals surface area contributed by atoms with Crippen molar-refractivity contribution in [1.29, 1.82) is 0 Å². The molecule has 1 aliphatic heterocycles. The van der Waals surface area contributed by atoms with E-state index in [0.717, 1.165) is 11.3 Å². The molecule has 0 radical (unpaired) electrons. The number of hydrogen-bond acceptors (Lipinski definition) is 6. The van der Waals surface area contributed by atoms with E-state index in [-0.39, 0.29) is 23.0 Å². The first-order valence-corrected chi connectivity index (χ1v) is 12.7. The van der Waals surface area contributed by atoms with E-state index in [1.54, 1.807) is 12.1 Å². The molecule has 4 rings (SSSR count). The normalized spacial score (nSPS) is 19.6. The number of ether oxygens (including phenoxy) is 1. The minimum Gasteiger partial charge on any atom is -0.373 e. The first-order chi connectivity index (χ1) is 15.2. The van der Waals surface area contributed by atoms with E-state index < -0.39 is 10.0 Å². The molecule has 2 unspecified atom stereocenters. The molecule has 1 aliphatic rings. The standard InChI is InChI=1S/C22H22ClN3O4S2/c1-14-11-26(12-15(2)30-14)32(28,29)19-9-5-17(6-10-19)21(27)25-22-24-20(13-31-22)16-3-7-18(23)8-4-16/h3-10,13-15H,11-12H2,1-2H3,(H,24,25,27). The molecule has 1 N–H and O–H groups in total. The van der Waals surface area contributed by atoms with Crippen molar-refractivity contribution in [3.63, 3.8) is 0 Å². The zero-order valence-electron chi connectivity index (χ0n) is 17.5. The van der Waals surface area contributed by atoms with Gasteiger partial charge in [0, 0.05) is 34.6 Å². The van der Waals surface area contributed by atoms with Gasteiger partial charge in [-0.1, -0.05) is 23.7 Å². The van der Waals surface area contributed by atoms with Gasteiger partial charge in [-0.3, -0.25) is 10.1 Å². The Balaban J connectivity index is 1.45. The van der Waals surface area contributed by atoms with Crippen molar-refractivity contribution in [3.05, 3.63) is 64.5 Å². The Bertz CT molecular complexity index is 1200. The molecule has 0 saturated carbocycles. The predicted octanol–water partition coefficient (Wildman–Crippen LogP) is 4.51. The van der Waals surface area contributed by atoms with Crippen LogP contribution in [0.4, 0.5) is 5.13 Å². The first-order valence-electron chi connectivity index (χ1n) is 10.0. The second-order valence-electron chi connectivity index (χ2n) is 7.60. The van der Waals surface area contributed by atoms with Crippen LogP contribution in [-0.4, -0.2) is 48.9 Å². The van der Waals surface area contributed by atoms with Crippen LogP contribution in [0.3, 0.4) is 0 Å². The molecule has 0 bridgehead atoms. The predicted molar refractivity (Wildman–Crippen MR) is 126 cm³/mol. The summed E-state index contributed by atoms with van der Waals surface area (Å²) < 4.78 is 33.0. The summed E-state index contributed by atoms with van der Waals surface area (Å²) in [4.78, 5) is 17.2. The van der Waals surface area contributed by atoms with Crippen molar-refractivity contribution in [2.24, 2.45) is 0 Å². The summed E-state index contributed by atoms with van der Waals surface area (Å²) in [5, 5.41) is 5.70. The monoisotopic (exact) mass is 491 g/mol. The van der Waals surface area contributed by atoms with Crippen LogP contribution >= 0.6 is 22.9 Å². The van der Waals surface area contributed by atoms with Crippen LogP contribution in [0.1, 0.15) is 24.2 Å². The summed E-state index contributed by atoms with van der Waals surface area (Å²) in [5.41, 5.74) is 1.97. The molecular formula is C22H22ClN3O4S2. The number of sulfonamides is 1. The van der Waals surface area contributed by atoms with E-state index in [1.807, 2.05) is 31.4 Å². The smallest absolute Gasteiger partial charge is 0.257 e. The highest BCUT2D eigenvalue weighted by atomic mass is 35.5. The van der Waals surface area contributed by atoms with Gasteiger partial charge in [-0.15, -0.1) is 11.3 Å². The summed E-state index contributed by atoms with van der Waals surface area (Å²) in [5.74, 6) is -0.362. The summed E-state index contributed by atoms with van der Waals surface area (Å²) in [6, 6.07) is 13.2. The van der Waals surface area contributed by atoms with Gasteiger partial charge >= 0.3 is 0 Å². The Labute approximate surface area is 196 Å². The zero-order chi connectivity index (χ0) is 22.9. The minimum absolute atomic E-state index is 0.148. The number of carbonyl (C=O) groups excluding carboxylic acids is 1. The fraction of sp³-hybridized carbons (Fsp3) is 0.273. The summed E-state index contributed by atoms with van der Waals surface area (Å²) in [6.07, 6.45) is -0.343. The van der Waals surface area contributed by atoms with Crippen molar-refractivity contribution < 1.29 is 17.9 Å². The zero-order valence-corrected chi connectivity index (χ0v) is 19.9. The number of amides is 1. The number of morpholine rings is 1. The number of carbonyl (C=O) groups is 1. The molecule has 3 aromatic rings. The van der Waals surface area contributed by atoms with Gasteiger partial charge in [0.15, 0.2) is 5.13 Å². The maximum absolute atomic E-state index is 13.0. The molecule has 168 valence electrons. The highest BCUT2D eigenvalue weighted by Gasteiger charge is 2.32. The highest BCUT2D eigenvalue weighted by molar-refractivity contribution is 7.89. The lowest BCUT2D eigenvalue weighted by Gasteiger charge is -2.34. The SMILES string of the molecule is CC1CN(S(=O)(=O)c2ccc(C(=O)Nc3nc(-c4ccc(Cl)cc4)cs3)cc2)CC(C)O1. The fourth-order valence-corrected chi connectivity index (χ4v) is 5.94. The summed E-state index contributed by atoms with van der Waals surface area (Å²) >= 11 is 7.22. The van der Waals surface area contributed by atoms with Gasteiger partial charge in [0.1, 0.15) is 0 Å². The third kappa shape index (κ3) is 5.02. The van der Waals surface area contributed by atoms with E-state index in [4.69, 9.17) is 16.3 Å². The third-order valence-corrected chi connectivity index (χ3v) is 7.86. The number of aromatic nitrogens is 1. The van der Waals surface area contributed by atoms with E-state index >= 15 is 0 Å². The van der Waals surface area contributed by atoms with Gasteiger partial charge in [-0.05, 0) is 50.2 Å². The van der Waals surface area contributed by atoms with E-state index in [1.165, 1.54) is 39.9 Å². The van der Waals surface area contributed by atoms with Crippen LogP contribution < -0.4 is 5.32 Å². The molecule has 0 aliphatic carbocycles. The third-order valence-electron chi connectivity index (χ3n) is 5.01. The Morgan fingerprint density at radius 2 is 1.72 bits per heavy atom. The molecule has 1 aromatic heterocycles. The van der Waals surface area contributed by atoms with Gasteiger partial charge < -0.3 is 4.74 Å². The lowest BCUT2D eigenvalue weighted by atomic mass is 10.2. The number of anilines is 1. The molecule has 7 nitrogen and oxygen atoms in total. The van der Waals surface area contributed by atoms with Gasteiger partial charge in [-0.25, -0.2) is 13.4 Å². The molecule has 32 heavy (non-hydrogen) atoms. The second-order valence-corrected chi connectivity index (χ2v) is 10.8. The minimum atomic E-state index is -3.66. The molecule has 2 atom stereocenters. The Kier molecular flexibility index (Phi) is 6.64. The molecule has 0 spiro atoms. The average Bonchev–Trinajstić information content (AvgIpc) is 3.22. The van der Waals surface area contributed by atoms with Crippen LogP contribution in [0.25, 0.3) is 11.3 Å². The quantitative estimate of drug-likeness (QED) is 0.567. The number of rotatable bonds is 5. The molecule has 1 fully saturated rings. The van der Waals surface area contributed by atoms with Crippen LogP contribution in [0.15, 0.2) is 58.8 Å². The molecule has 2 heterocycles. The second kappa shape index (κ2) is 9.29. The van der Waals surface area contributed by atoms with Gasteiger partial charge in [0.2, 0.25) is 10.0 Å². The maximum Gasteiger partial charge on any atom is 0.257 e. The lowest BCUT2D eigenvalue weighted by Crippen LogP contribution is -2.48. The van der Waals surface area contributed by atoms with E-state index in [0.29, 0.717) is 28.8 Å². The Morgan fingerprint density at radius 3 is 2.34 bits per heavy atom. The molecule has 1 saturated heterocycles. The van der Waals surface area contributed by atoms with Crippen LogP contribution in [0.2, 0.25) is 5.02 Å². The van der Waals surface area contributed by atoms with E-state index in [2.05, 4.69) is 10.3 Å². The molecule has 10 heteroatoms. The molecule has 2 aromatic carbocycles. The fourth-order valence-electron chi connectivity index (χ4n) is 3.51. The highest BCUT2D eigenvalue weighted by Crippen LogP contribution is 2.27. The summed E-state index contributed by atoms with van der Waals surface area (Å²) in [7, 11) is -3.66. The van der Waals surface area contributed by atoms with Crippen molar-refractivity contribution in [2.45, 2.75) is 31.0 Å².